The van der Waals surface area contributed by atoms with Gasteiger partial charge in [0.05, 0.1) is 11.7 Å². The third-order valence-corrected chi connectivity index (χ3v) is 4.22. The Labute approximate surface area is 110 Å². The van der Waals surface area contributed by atoms with Crippen LogP contribution in [0.15, 0.2) is 24.3 Å². The predicted molar refractivity (Wildman–Crippen MR) is 71.9 cm³/mol. The van der Waals surface area contributed by atoms with Crippen LogP contribution in [0, 0.1) is 0 Å². The maximum absolute atomic E-state index is 12.0. The molecule has 0 radical (unpaired) electrons. The van der Waals surface area contributed by atoms with Gasteiger partial charge in [-0.1, -0.05) is 18.2 Å². The van der Waals surface area contributed by atoms with Crippen molar-refractivity contribution < 1.29 is 14.7 Å². The van der Waals surface area contributed by atoms with Crippen molar-refractivity contribution in [2.24, 2.45) is 0 Å². The molecule has 1 amide bonds. The van der Waals surface area contributed by atoms with Crippen molar-refractivity contribution in [3.63, 3.8) is 0 Å². The first-order valence-corrected chi connectivity index (χ1v) is 6.94. The lowest BCUT2D eigenvalue weighted by atomic mass is 10.1. The Hall–Kier alpha value is -1.49. The van der Waals surface area contributed by atoms with Crippen LogP contribution in [0.1, 0.15) is 18.4 Å². The van der Waals surface area contributed by atoms with E-state index < -0.39 is 5.97 Å². The summed E-state index contributed by atoms with van der Waals surface area (Å²) in [5.41, 5.74) is 1.25. The minimum Gasteiger partial charge on any atom is -0.481 e. The van der Waals surface area contributed by atoms with Crippen molar-refractivity contribution in [3.05, 3.63) is 29.8 Å². The van der Waals surface area contributed by atoms with Crippen LogP contribution in [0.4, 0.5) is 5.69 Å². The summed E-state index contributed by atoms with van der Waals surface area (Å²) in [6, 6.07) is 7.04. The van der Waals surface area contributed by atoms with E-state index in [2.05, 4.69) is 5.32 Å². The first-order chi connectivity index (χ1) is 8.66. The molecule has 1 unspecified atom stereocenters. The third-order valence-electron chi connectivity index (χ3n) is 2.84. The average Bonchev–Trinajstić information content (AvgIpc) is 2.84. The monoisotopic (exact) mass is 265 g/mol. The van der Waals surface area contributed by atoms with Crippen molar-refractivity contribution in [1.82, 2.24) is 0 Å². The van der Waals surface area contributed by atoms with Crippen LogP contribution in [0.25, 0.3) is 0 Å². The van der Waals surface area contributed by atoms with Gasteiger partial charge in [0.25, 0.3) is 0 Å². The summed E-state index contributed by atoms with van der Waals surface area (Å²) in [5, 5.41) is 11.7. The van der Waals surface area contributed by atoms with Crippen molar-refractivity contribution in [2.75, 3.05) is 11.1 Å². The van der Waals surface area contributed by atoms with Crippen LogP contribution in [0.3, 0.4) is 0 Å². The molecule has 2 N–H and O–H groups in total. The molecule has 0 saturated carbocycles. The van der Waals surface area contributed by atoms with Gasteiger partial charge >= 0.3 is 5.97 Å². The Balaban J connectivity index is 2.07. The third kappa shape index (κ3) is 3.26. The Kier molecular flexibility index (Phi) is 4.25. The summed E-state index contributed by atoms with van der Waals surface area (Å²) in [6.07, 6.45) is 1.89. The number of aliphatic carboxylic acids is 1. The molecule has 5 heteroatoms. The Morgan fingerprint density at radius 3 is 2.83 bits per heavy atom. The minimum atomic E-state index is -0.896. The van der Waals surface area contributed by atoms with E-state index in [-0.39, 0.29) is 17.6 Å². The predicted octanol–water partition coefficient (Wildman–Crippen LogP) is 2.15. The molecule has 18 heavy (non-hydrogen) atoms. The second kappa shape index (κ2) is 5.91. The van der Waals surface area contributed by atoms with Gasteiger partial charge in [-0.2, -0.15) is 0 Å². The van der Waals surface area contributed by atoms with E-state index in [4.69, 9.17) is 5.11 Å². The molecule has 1 aromatic carbocycles. The van der Waals surface area contributed by atoms with Crippen LogP contribution >= 0.6 is 11.8 Å². The number of hydrogen-bond donors (Lipinski definition) is 2. The van der Waals surface area contributed by atoms with Crippen LogP contribution < -0.4 is 5.32 Å². The zero-order valence-electron chi connectivity index (χ0n) is 9.89. The molecule has 1 saturated heterocycles. The molecular weight excluding hydrogens is 250 g/mol. The Morgan fingerprint density at radius 1 is 1.39 bits per heavy atom. The molecule has 1 aliphatic heterocycles. The zero-order chi connectivity index (χ0) is 13.0. The minimum absolute atomic E-state index is 0.00267. The molecule has 0 bridgehead atoms. The molecule has 4 nitrogen and oxygen atoms in total. The normalized spacial score (nSPS) is 18.6. The lowest BCUT2D eigenvalue weighted by Crippen LogP contribution is -2.23. The second-order valence-corrected chi connectivity index (χ2v) is 5.53. The second-order valence-electron chi connectivity index (χ2n) is 4.22. The number of anilines is 1. The number of thioether (sulfide) groups is 1. The van der Waals surface area contributed by atoms with Gasteiger partial charge in [-0.05, 0) is 30.2 Å². The van der Waals surface area contributed by atoms with Crippen molar-refractivity contribution in [3.8, 4) is 0 Å². The molecule has 2 rings (SSSR count). The largest absolute Gasteiger partial charge is 0.481 e. The van der Waals surface area contributed by atoms with E-state index in [1.54, 1.807) is 36.0 Å². The molecule has 0 spiro atoms. The van der Waals surface area contributed by atoms with E-state index >= 15 is 0 Å². The number of rotatable bonds is 4. The molecule has 96 valence electrons. The number of benzene rings is 1. The number of carbonyl (C=O) groups is 2. The first-order valence-electron chi connectivity index (χ1n) is 5.89. The molecule has 0 aromatic heterocycles. The van der Waals surface area contributed by atoms with Crippen molar-refractivity contribution in [1.29, 1.82) is 0 Å². The molecule has 1 heterocycles. The summed E-state index contributed by atoms with van der Waals surface area (Å²) in [5.74, 6) is 0.108. The quantitative estimate of drug-likeness (QED) is 0.875. The summed E-state index contributed by atoms with van der Waals surface area (Å²) in [6.45, 7) is 0. The van der Waals surface area contributed by atoms with Gasteiger partial charge in [0.1, 0.15) is 0 Å². The van der Waals surface area contributed by atoms with Gasteiger partial charge in [-0.25, -0.2) is 0 Å². The number of hydrogen-bond acceptors (Lipinski definition) is 3. The summed E-state index contributed by atoms with van der Waals surface area (Å²) in [7, 11) is 0. The highest BCUT2D eigenvalue weighted by molar-refractivity contribution is 8.00. The lowest BCUT2D eigenvalue weighted by molar-refractivity contribution is -0.136. The molecular formula is C13H15NO3S. The fourth-order valence-electron chi connectivity index (χ4n) is 1.96. The van der Waals surface area contributed by atoms with Crippen LogP contribution in [-0.4, -0.2) is 28.0 Å². The van der Waals surface area contributed by atoms with E-state index in [0.29, 0.717) is 11.3 Å². The molecule has 1 atom stereocenters. The van der Waals surface area contributed by atoms with Gasteiger partial charge in [0.15, 0.2) is 0 Å². The highest BCUT2D eigenvalue weighted by Gasteiger charge is 2.23. The van der Waals surface area contributed by atoms with Crippen LogP contribution in [0.2, 0.25) is 0 Å². The van der Waals surface area contributed by atoms with Crippen LogP contribution in [0.5, 0.6) is 0 Å². The van der Waals surface area contributed by atoms with Gasteiger partial charge in [0.2, 0.25) is 5.91 Å². The highest BCUT2D eigenvalue weighted by atomic mass is 32.2. The maximum Gasteiger partial charge on any atom is 0.307 e. The summed E-state index contributed by atoms with van der Waals surface area (Å²) < 4.78 is 0. The molecule has 1 aromatic rings. The standard InChI is InChI=1S/C13H15NO3S/c15-12(16)8-9-4-1-2-5-10(9)14-13(17)11-6-3-7-18-11/h1-2,4-5,11H,3,6-8H2,(H,14,17)(H,15,16). The van der Waals surface area contributed by atoms with Crippen molar-refractivity contribution >= 4 is 29.3 Å². The summed E-state index contributed by atoms with van der Waals surface area (Å²) >= 11 is 1.66. The van der Waals surface area contributed by atoms with Gasteiger partial charge in [-0.15, -0.1) is 11.8 Å². The summed E-state index contributed by atoms with van der Waals surface area (Å²) in [4.78, 5) is 22.7. The number of carboxylic acids is 1. The number of nitrogens with one attached hydrogen (secondary N) is 1. The Morgan fingerprint density at radius 2 is 2.17 bits per heavy atom. The fourth-order valence-corrected chi connectivity index (χ4v) is 3.12. The fraction of sp³-hybridized carbons (Fsp3) is 0.385. The van der Waals surface area contributed by atoms with Crippen LogP contribution in [-0.2, 0) is 16.0 Å². The number of carbonyl (C=O) groups excluding carboxylic acids is 1. The molecule has 1 aliphatic rings. The average molecular weight is 265 g/mol. The SMILES string of the molecule is O=C(O)Cc1ccccc1NC(=O)C1CCCS1. The highest BCUT2D eigenvalue weighted by Crippen LogP contribution is 2.27. The lowest BCUT2D eigenvalue weighted by Gasteiger charge is -2.12. The number of carboxylic acid groups (broad SMARTS) is 1. The number of para-hydroxylation sites is 1. The van der Waals surface area contributed by atoms with E-state index in [9.17, 15) is 9.59 Å². The Bertz CT molecular complexity index is 455. The molecule has 0 aliphatic carbocycles. The van der Waals surface area contributed by atoms with E-state index in [0.717, 1.165) is 18.6 Å². The van der Waals surface area contributed by atoms with E-state index in [1.165, 1.54) is 0 Å². The number of amides is 1. The first kappa shape index (κ1) is 13.0. The smallest absolute Gasteiger partial charge is 0.307 e. The molecule has 1 fully saturated rings. The van der Waals surface area contributed by atoms with Gasteiger partial charge in [0, 0.05) is 5.69 Å². The topological polar surface area (TPSA) is 66.4 Å². The zero-order valence-corrected chi connectivity index (χ0v) is 10.7. The van der Waals surface area contributed by atoms with Crippen molar-refractivity contribution in [2.45, 2.75) is 24.5 Å². The van der Waals surface area contributed by atoms with E-state index in [1.807, 2.05) is 0 Å². The van der Waals surface area contributed by atoms with Gasteiger partial charge < -0.3 is 10.4 Å². The van der Waals surface area contributed by atoms with Gasteiger partial charge in [-0.3, -0.25) is 9.59 Å². The maximum atomic E-state index is 12.0.